The van der Waals surface area contributed by atoms with Gasteiger partial charge in [0.1, 0.15) is 5.75 Å². The summed E-state index contributed by atoms with van der Waals surface area (Å²) in [6, 6.07) is 14.7. The van der Waals surface area contributed by atoms with E-state index in [0.717, 1.165) is 5.75 Å². The van der Waals surface area contributed by atoms with Crippen LogP contribution in [0.15, 0.2) is 53.0 Å². The number of hydrogen-bond donors (Lipinski definition) is 2. The number of carbonyl (C=O) groups excluding carboxylic acids is 2. The summed E-state index contributed by atoms with van der Waals surface area (Å²) in [5.74, 6) is 0.151. The van der Waals surface area contributed by atoms with Crippen LogP contribution in [0.25, 0.3) is 0 Å². The number of rotatable bonds is 6. The molecule has 0 fully saturated rings. The number of ether oxygens (including phenoxy) is 1. The van der Waals surface area contributed by atoms with Crippen molar-refractivity contribution in [1.29, 1.82) is 0 Å². The Hall–Kier alpha value is -2.34. The summed E-state index contributed by atoms with van der Waals surface area (Å²) >= 11 is 3.29. The molecule has 126 valence electrons. The molecule has 0 heterocycles. The number of halogens is 1. The van der Waals surface area contributed by atoms with Crippen LogP contribution in [0.1, 0.15) is 28.8 Å². The van der Waals surface area contributed by atoms with Crippen molar-refractivity contribution in [3.8, 4) is 5.75 Å². The van der Waals surface area contributed by atoms with E-state index in [1.165, 1.54) is 5.56 Å². The molecule has 0 spiro atoms. The van der Waals surface area contributed by atoms with Crippen LogP contribution in [0.2, 0.25) is 0 Å². The molecule has 2 aromatic carbocycles. The molecule has 0 radical (unpaired) electrons. The molecule has 2 amide bonds. The van der Waals surface area contributed by atoms with Crippen molar-refractivity contribution in [1.82, 2.24) is 10.9 Å². The van der Waals surface area contributed by atoms with Gasteiger partial charge < -0.3 is 4.74 Å². The fourth-order valence-electron chi connectivity index (χ4n) is 1.96. The molecule has 2 aromatic rings. The molecule has 0 unspecified atom stereocenters. The average molecular weight is 391 g/mol. The third-order valence-electron chi connectivity index (χ3n) is 3.27. The maximum absolute atomic E-state index is 11.9. The van der Waals surface area contributed by atoms with Crippen molar-refractivity contribution >= 4 is 27.7 Å². The molecule has 0 saturated carbocycles. The Morgan fingerprint density at radius 3 is 2.46 bits per heavy atom. The van der Waals surface area contributed by atoms with Crippen molar-refractivity contribution in [2.45, 2.75) is 19.8 Å². The molecule has 0 aliphatic rings. The molecule has 0 aliphatic carbocycles. The molecular weight excluding hydrogens is 372 g/mol. The summed E-state index contributed by atoms with van der Waals surface area (Å²) in [6.07, 6.45) is 0.826. The van der Waals surface area contributed by atoms with E-state index in [1.807, 2.05) is 37.3 Å². The fraction of sp³-hybridized carbons (Fsp3) is 0.222. The Labute approximate surface area is 149 Å². The predicted octanol–water partition coefficient (Wildman–Crippen LogP) is 3.38. The summed E-state index contributed by atoms with van der Waals surface area (Å²) in [6.45, 7) is 2.45. The highest BCUT2D eigenvalue weighted by Gasteiger charge is 2.10. The lowest BCUT2D eigenvalue weighted by Crippen LogP contribution is -2.41. The average Bonchev–Trinajstić information content (AvgIpc) is 2.58. The maximum Gasteiger partial charge on any atom is 0.270 e. The Balaban J connectivity index is 1.65. The minimum Gasteiger partial charge on any atom is -0.494 e. The van der Waals surface area contributed by atoms with E-state index in [2.05, 4.69) is 26.8 Å². The predicted molar refractivity (Wildman–Crippen MR) is 95.7 cm³/mol. The normalized spacial score (nSPS) is 10.1. The fourth-order valence-corrected chi connectivity index (χ4v) is 2.42. The zero-order valence-corrected chi connectivity index (χ0v) is 14.9. The molecule has 6 heteroatoms. The number of nitrogens with one attached hydrogen (secondary N) is 2. The molecule has 0 aliphatic heterocycles. The van der Waals surface area contributed by atoms with Gasteiger partial charge in [-0.1, -0.05) is 29.8 Å². The van der Waals surface area contributed by atoms with Crippen LogP contribution >= 0.6 is 15.9 Å². The summed E-state index contributed by atoms with van der Waals surface area (Å²) in [7, 11) is 0. The Morgan fingerprint density at radius 2 is 1.75 bits per heavy atom. The second kappa shape index (κ2) is 9.08. The largest absolute Gasteiger partial charge is 0.494 e. The minimum atomic E-state index is -0.369. The first-order valence-corrected chi connectivity index (χ1v) is 8.39. The number of hydrogen-bond acceptors (Lipinski definition) is 3. The highest BCUT2D eigenvalue weighted by molar-refractivity contribution is 9.10. The second-order valence-corrected chi connectivity index (χ2v) is 6.10. The lowest BCUT2D eigenvalue weighted by molar-refractivity contribution is -0.122. The Kier molecular flexibility index (Phi) is 6.81. The first-order valence-electron chi connectivity index (χ1n) is 7.59. The van der Waals surface area contributed by atoms with Gasteiger partial charge in [0.2, 0.25) is 5.91 Å². The highest BCUT2D eigenvalue weighted by atomic mass is 79.9. The lowest BCUT2D eigenvalue weighted by Gasteiger charge is -2.09. The van der Waals surface area contributed by atoms with Gasteiger partial charge in [-0.15, -0.1) is 0 Å². The quantitative estimate of drug-likeness (QED) is 0.586. The van der Waals surface area contributed by atoms with Crippen LogP contribution in [-0.2, 0) is 4.79 Å². The van der Waals surface area contributed by atoms with Gasteiger partial charge in [0.05, 0.1) is 12.2 Å². The van der Waals surface area contributed by atoms with Gasteiger partial charge in [0, 0.05) is 10.9 Å². The smallest absolute Gasteiger partial charge is 0.270 e. The minimum absolute atomic E-state index is 0.261. The third kappa shape index (κ3) is 5.70. The van der Waals surface area contributed by atoms with Gasteiger partial charge in [-0.3, -0.25) is 20.4 Å². The van der Waals surface area contributed by atoms with Gasteiger partial charge >= 0.3 is 0 Å². The van der Waals surface area contributed by atoms with Crippen LogP contribution in [0.3, 0.4) is 0 Å². The molecular formula is C18H19BrN2O3. The van der Waals surface area contributed by atoms with Crippen LogP contribution in [0, 0.1) is 6.92 Å². The number of benzene rings is 2. The molecule has 2 N–H and O–H groups in total. The van der Waals surface area contributed by atoms with Crippen molar-refractivity contribution < 1.29 is 14.3 Å². The van der Waals surface area contributed by atoms with Crippen LogP contribution < -0.4 is 15.6 Å². The van der Waals surface area contributed by atoms with Crippen LogP contribution in [0.4, 0.5) is 0 Å². The molecule has 0 bridgehead atoms. The molecule has 0 aromatic heterocycles. The van der Waals surface area contributed by atoms with E-state index in [-0.39, 0.29) is 18.2 Å². The monoisotopic (exact) mass is 390 g/mol. The van der Waals surface area contributed by atoms with E-state index in [1.54, 1.807) is 18.2 Å². The number of carbonyl (C=O) groups is 2. The van der Waals surface area contributed by atoms with Crippen molar-refractivity contribution in [2.24, 2.45) is 0 Å². The SMILES string of the molecule is Cc1ccc(OCCCC(=O)NNC(=O)c2ccccc2Br)cc1. The van der Waals surface area contributed by atoms with Crippen molar-refractivity contribution in [3.05, 3.63) is 64.1 Å². The van der Waals surface area contributed by atoms with E-state index in [4.69, 9.17) is 4.74 Å². The zero-order chi connectivity index (χ0) is 17.4. The van der Waals surface area contributed by atoms with Gasteiger partial charge in [0.25, 0.3) is 5.91 Å². The zero-order valence-electron chi connectivity index (χ0n) is 13.3. The number of amides is 2. The van der Waals surface area contributed by atoms with Gasteiger partial charge in [-0.25, -0.2) is 0 Å². The summed E-state index contributed by atoms with van der Waals surface area (Å²) in [5, 5.41) is 0. The maximum atomic E-state index is 11.9. The Bertz CT molecular complexity index is 702. The summed E-state index contributed by atoms with van der Waals surface area (Å²) in [4.78, 5) is 23.7. The third-order valence-corrected chi connectivity index (χ3v) is 3.96. The molecule has 5 nitrogen and oxygen atoms in total. The van der Waals surface area contributed by atoms with Crippen molar-refractivity contribution in [3.63, 3.8) is 0 Å². The summed E-state index contributed by atoms with van der Waals surface area (Å²) < 4.78 is 6.22. The lowest BCUT2D eigenvalue weighted by atomic mass is 10.2. The first-order chi connectivity index (χ1) is 11.6. The van der Waals surface area contributed by atoms with Crippen LogP contribution in [-0.4, -0.2) is 18.4 Å². The number of aryl methyl sites for hydroxylation is 1. The van der Waals surface area contributed by atoms with Gasteiger partial charge in [-0.05, 0) is 53.5 Å². The van der Waals surface area contributed by atoms with E-state index < -0.39 is 0 Å². The highest BCUT2D eigenvalue weighted by Crippen LogP contribution is 2.15. The van der Waals surface area contributed by atoms with E-state index in [0.29, 0.717) is 23.1 Å². The molecule has 2 rings (SSSR count). The topological polar surface area (TPSA) is 67.4 Å². The van der Waals surface area contributed by atoms with Crippen molar-refractivity contribution in [2.75, 3.05) is 6.61 Å². The second-order valence-electron chi connectivity index (χ2n) is 5.25. The Morgan fingerprint density at radius 1 is 1.04 bits per heavy atom. The van der Waals surface area contributed by atoms with E-state index in [9.17, 15) is 9.59 Å². The first kappa shape index (κ1) is 18.0. The van der Waals surface area contributed by atoms with E-state index >= 15 is 0 Å². The standard InChI is InChI=1S/C18H19BrN2O3/c1-13-8-10-14(11-9-13)24-12-4-7-17(22)20-21-18(23)15-5-2-3-6-16(15)19/h2-3,5-6,8-11H,4,7,12H2,1H3,(H,20,22)(H,21,23). The number of hydrazine groups is 1. The molecule has 0 atom stereocenters. The van der Waals surface area contributed by atoms with Gasteiger partial charge in [-0.2, -0.15) is 0 Å². The summed E-state index contributed by atoms with van der Waals surface area (Å²) in [5.41, 5.74) is 6.42. The molecule has 0 saturated heterocycles. The molecule has 24 heavy (non-hydrogen) atoms. The van der Waals surface area contributed by atoms with Crippen LogP contribution in [0.5, 0.6) is 5.75 Å². The van der Waals surface area contributed by atoms with Gasteiger partial charge in [0.15, 0.2) is 0 Å².